The van der Waals surface area contributed by atoms with Crippen molar-refractivity contribution in [2.45, 2.75) is 18.0 Å². The van der Waals surface area contributed by atoms with Crippen molar-refractivity contribution in [2.24, 2.45) is 5.73 Å². The number of amides is 1. The molecule has 144 valence electrons. The van der Waals surface area contributed by atoms with Crippen LogP contribution in [0.2, 0.25) is 0 Å². The van der Waals surface area contributed by atoms with E-state index in [4.69, 9.17) is 5.73 Å². The van der Waals surface area contributed by atoms with E-state index in [1.54, 1.807) is 0 Å². The lowest BCUT2D eigenvalue weighted by atomic mass is 10.1. The molecular weight excluding hydrogens is 376 g/mol. The Morgan fingerprint density at radius 1 is 0.778 bits per heavy atom. The summed E-state index contributed by atoms with van der Waals surface area (Å²) in [5, 5.41) is 1.03. The summed E-state index contributed by atoms with van der Waals surface area (Å²) in [6.07, 6.45) is -11.9. The number of nitrogens with two attached hydrogens (primary N) is 1. The molecule has 0 saturated heterocycles. The van der Waals surface area contributed by atoms with Crippen LogP contribution >= 0.6 is 0 Å². The molecule has 0 unspecified atom stereocenters. The third-order valence-corrected chi connectivity index (χ3v) is 3.59. The molecule has 2 aromatic carbocycles. The molecule has 0 aromatic heterocycles. The first-order valence-corrected chi connectivity index (χ1v) is 7.45. The number of hydrogen-bond acceptors (Lipinski definition) is 1. The Morgan fingerprint density at radius 3 is 1.59 bits per heavy atom. The Morgan fingerprint density at radius 2 is 1.19 bits per heavy atom. The lowest BCUT2D eigenvalue weighted by Gasteiger charge is -2.32. The molecule has 0 saturated carbocycles. The summed E-state index contributed by atoms with van der Waals surface area (Å²) in [5.41, 5.74) is 0.172. The van der Waals surface area contributed by atoms with Gasteiger partial charge in [0.25, 0.3) is 11.7 Å². The van der Waals surface area contributed by atoms with E-state index < -0.39 is 29.8 Å². The SMILES string of the molecule is NC(=[NH+]C(NC(=O)c1ccccc1)(C(F)(F)F)C(F)(F)F)c1ccccc1. The van der Waals surface area contributed by atoms with Crippen molar-refractivity contribution in [3.63, 3.8) is 0 Å². The van der Waals surface area contributed by atoms with Crippen LogP contribution in [0.25, 0.3) is 0 Å². The highest BCUT2D eigenvalue weighted by Crippen LogP contribution is 2.38. The van der Waals surface area contributed by atoms with Gasteiger partial charge in [0, 0.05) is 5.56 Å². The standard InChI is InChI=1S/C17H13F6N3O/c18-16(19,20)15(17(21,22)23,25-13(24)11-7-3-1-4-8-11)26-14(27)12-9-5-2-6-10-12/h1-10H,(H2,24,25)(H,26,27)/p+1. The summed E-state index contributed by atoms with van der Waals surface area (Å²) in [6.45, 7) is 0. The Hall–Kier alpha value is -3.04. The number of nitrogen functional groups attached to an aromatic ring is 1. The van der Waals surface area contributed by atoms with Crippen LogP contribution < -0.4 is 16.0 Å². The fourth-order valence-corrected chi connectivity index (χ4v) is 2.20. The van der Waals surface area contributed by atoms with E-state index >= 15 is 0 Å². The molecule has 10 heteroatoms. The smallest absolute Gasteiger partial charge is 0.296 e. The van der Waals surface area contributed by atoms with Crippen molar-refractivity contribution in [3.05, 3.63) is 71.8 Å². The number of alkyl halides is 6. The van der Waals surface area contributed by atoms with Gasteiger partial charge in [-0.2, -0.15) is 26.3 Å². The Balaban J connectivity index is 2.59. The molecule has 0 aliphatic rings. The molecule has 1 amide bonds. The predicted octanol–water partition coefficient (Wildman–Crippen LogP) is 1.72. The van der Waals surface area contributed by atoms with Gasteiger partial charge in [-0.25, -0.2) is 4.99 Å². The Bertz CT molecular complexity index is 802. The van der Waals surface area contributed by atoms with E-state index in [0.717, 1.165) is 17.4 Å². The monoisotopic (exact) mass is 390 g/mol. The van der Waals surface area contributed by atoms with E-state index in [0.29, 0.717) is 0 Å². The summed E-state index contributed by atoms with van der Waals surface area (Å²) in [7, 11) is 0. The zero-order chi connectivity index (χ0) is 20.3. The number of amidine groups is 1. The Labute approximate surface area is 149 Å². The molecule has 0 heterocycles. The molecule has 0 fully saturated rings. The molecule has 0 spiro atoms. The summed E-state index contributed by atoms with van der Waals surface area (Å²) in [6, 6.07) is 12.9. The van der Waals surface area contributed by atoms with E-state index in [2.05, 4.69) is 0 Å². The maximum absolute atomic E-state index is 13.6. The number of carbonyl (C=O) groups is 1. The number of rotatable bonds is 4. The van der Waals surface area contributed by atoms with Gasteiger partial charge in [-0.05, 0) is 24.3 Å². The van der Waals surface area contributed by atoms with Gasteiger partial charge in [0.1, 0.15) is 0 Å². The van der Waals surface area contributed by atoms with Crippen molar-refractivity contribution in [1.29, 1.82) is 0 Å². The first-order chi connectivity index (χ1) is 12.5. The van der Waals surface area contributed by atoms with Gasteiger partial charge >= 0.3 is 18.0 Å². The second-order valence-electron chi connectivity index (χ2n) is 5.47. The maximum Gasteiger partial charge on any atom is 0.462 e. The van der Waals surface area contributed by atoms with E-state index in [1.807, 2.05) is 0 Å². The number of hydrogen-bond donors (Lipinski definition) is 3. The highest BCUT2D eigenvalue weighted by molar-refractivity contribution is 5.95. The normalized spacial score (nSPS) is 13.3. The summed E-state index contributed by atoms with van der Waals surface area (Å²) < 4.78 is 81.3. The third-order valence-electron chi connectivity index (χ3n) is 3.59. The van der Waals surface area contributed by atoms with Crippen LogP contribution in [-0.2, 0) is 0 Å². The third kappa shape index (κ3) is 4.21. The first kappa shape index (κ1) is 20.3. The zero-order valence-electron chi connectivity index (χ0n) is 13.5. The van der Waals surface area contributed by atoms with Gasteiger partial charge in [0.05, 0.1) is 5.56 Å². The van der Waals surface area contributed by atoms with Crippen LogP contribution in [0.5, 0.6) is 0 Å². The molecule has 0 atom stereocenters. The molecule has 2 rings (SSSR count). The average molecular weight is 390 g/mol. The minimum atomic E-state index is -5.95. The predicted molar refractivity (Wildman–Crippen MR) is 84.5 cm³/mol. The molecule has 4 nitrogen and oxygen atoms in total. The molecule has 0 aliphatic heterocycles. The van der Waals surface area contributed by atoms with Crippen LogP contribution in [-0.4, -0.2) is 29.8 Å². The van der Waals surface area contributed by atoms with Crippen molar-refractivity contribution < 1.29 is 36.1 Å². The van der Waals surface area contributed by atoms with Gasteiger partial charge in [0.2, 0.25) is 0 Å². The van der Waals surface area contributed by atoms with Gasteiger partial charge in [-0.3, -0.25) is 15.8 Å². The second-order valence-corrected chi connectivity index (χ2v) is 5.47. The summed E-state index contributed by atoms with van der Waals surface area (Å²) >= 11 is 0. The number of halogens is 6. The first-order valence-electron chi connectivity index (χ1n) is 7.45. The highest BCUT2D eigenvalue weighted by atomic mass is 19.4. The lowest BCUT2D eigenvalue weighted by Crippen LogP contribution is -3.02. The number of nitrogens with one attached hydrogen (secondary N) is 2. The fraction of sp³-hybridized carbons (Fsp3) is 0.176. The van der Waals surface area contributed by atoms with Crippen LogP contribution in [0, 0.1) is 0 Å². The largest absolute Gasteiger partial charge is 0.462 e. The molecule has 0 bridgehead atoms. The molecular formula is C17H14F6N3O+. The van der Waals surface area contributed by atoms with Gasteiger partial charge in [-0.1, -0.05) is 36.4 Å². The average Bonchev–Trinajstić information content (AvgIpc) is 2.60. The van der Waals surface area contributed by atoms with Gasteiger partial charge in [-0.15, -0.1) is 0 Å². The molecule has 4 N–H and O–H groups in total. The molecule has 0 aliphatic carbocycles. The van der Waals surface area contributed by atoms with Crippen molar-refractivity contribution in [3.8, 4) is 0 Å². The lowest BCUT2D eigenvalue weighted by molar-refractivity contribution is -0.651. The highest BCUT2D eigenvalue weighted by Gasteiger charge is 2.75. The van der Waals surface area contributed by atoms with Crippen LogP contribution in [0.3, 0.4) is 0 Å². The molecule has 0 radical (unpaired) electrons. The topological polar surface area (TPSA) is 69.1 Å². The quantitative estimate of drug-likeness (QED) is 0.322. The van der Waals surface area contributed by atoms with Crippen LogP contribution in [0.4, 0.5) is 26.3 Å². The Kier molecular flexibility index (Phi) is 5.48. The molecule has 27 heavy (non-hydrogen) atoms. The summed E-state index contributed by atoms with van der Waals surface area (Å²) in [5.74, 6) is -2.47. The van der Waals surface area contributed by atoms with Crippen LogP contribution in [0.1, 0.15) is 15.9 Å². The minimum Gasteiger partial charge on any atom is -0.296 e. The van der Waals surface area contributed by atoms with Crippen molar-refractivity contribution in [1.82, 2.24) is 5.32 Å². The minimum absolute atomic E-state index is 0.107. The van der Waals surface area contributed by atoms with E-state index in [9.17, 15) is 31.1 Å². The van der Waals surface area contributed by atoms with Gasteiger partial charge < -0.3 is 0 Å². The van der Waals surface area contributed by atoms with Gasteiger partial charge in [0.15, 0.2) is 0 Å². The zero-order valence-corrected chi connectivity index (χ0v) is 13.5. The molecule has 2 aromatic rings. The van der Waals surface area contributed by atoms with E-state index in [1.165, 1.54) is 53.5 Å². The fourth-order valence-electron chi connectivity index (χ4n) is 2.20. The van der Waals surface area contributed by atoms with Crippen molar-refractivity contribution in [2.75, 3.05) is 0 Å². The number of carbonyl (C=O) groups excluding carboxylic acids is 1. The number of benzene rings is 2. The van der Waals surface area contributed by atoms with Crippen LogP contribution in [0.15, 0.2) is 60.7 Å². The maximum atomic E-state index is 13.6. The summed E-state index contributed by atoms with van der Waals surface area (Å²) in [4.78, 5) is 13.3. The van der Waals surface area contributed by atoms with E-state index in [-0.39, 0.29) is 11.1 Å². The van der Waals surface area contributed by atoms with Crippen molar-refractivity contribution >= 4 is 11.7 Å². The second kappa shape index (κ2) is 7.29.